The van der Waals surface area contributed by atoms with E-state index in [0.29, 0.717) is 6.54 Å². The molecule has 1 saturated carbocycles. The highest BCUT2D eigenvalue weighted by Gasteiger charge is 2.64. The van der Waals surface area contributed by atoms with E-state index in [-0.39, 0.29) is 35.1 Å². The zero-order valence-corrected chi connectivity index (χ0v) is 19.9. The summed E-state index contributed by atoms with van der Waals surface area (Å²) in [5.74, 6) is -8.09. The molecule has 0 radical (unpaired) electrons. The molecule has 4 atom stereocenters. The van der Waals surface area contributed by atoms with E-state index in [9.17, 15) is 34.8 Å². The molecule has 0 unspecified atom stereocenters. The van der Waals surface area contributed by atoms with Crippen molar-refractivity contribution in [1.82, 2.24) is 9.80 Å². The van der Waals surface area contributed by atoms with Crippen LogP contribution in [0.15, 0.2) is 23.0 Å². The number of primary amides is 1. The number of aliphatic hydroxyl groups is 3. The number of nitrogens with two attached hydrogens (primary N) is 1. The molecule has 5 rings (SSSR count). The average molecular weight is 502 g/mol. The van der Waals surface area contributed by atoms with Crippen molar-refractivity contribution in [2.45, 2.75) is 37.5 Å². The van der Waals surface area contributed by atoms with Gasteiger partial charge in [0.2, 0.25) is 5.78 Å². The van der Waals surface area contributed by atoms with Crippen molar-refractivity contribution in [2.75, 3.05) is 27.2 Å². The topological polar surface area (TPSA) is 165 Å². The van der Waals surface area contributed by atoms with E-state index in [1.807, 2.05) is 4.90 Å². The normalized spacial score (nSPS) is 30.2. The highest BCUT2D eigenvalue weighted by atomic mass is 19.1. The van der Waals surface area contributed by atoms with Crippen LogP contribution in [0.3, 0.4) is 0 Å². The Labute approximate surface area is 206 Å². The number of fused-ring (bicyclic) bond motifs is 3. The van der Waals surface area contributed by atoms with Gasteiger partial charge in [-0.3, -0.25) is 24.2 Å². The zero-order chi connectivity index (χ0) is 26.3. The van der Waals surface area contributed by atoms with Crippen LogP contribution in [0.1, 0.15) is 29.5 Å². The van der Waals surface area contributed by atoms with E-state index in [4.69, 9.17) is 5.73 Å². The summed E-state index contributed by atoms with van der Waals surface area (Å²) >= 11 is 0. The van der Waals surface area contributed by atoms with Gasteiger partial charge in [-0.1, -0.05) is 0 Å². The third kappa shape index (κ3) is 3.16. The number of Topliss-reactive ketones (excluding diaryl/α,β-unsaturated/α-hetero) is 2. The van der Waals surface area contributed by atoms with Gasteiger partial charge in [0.1, 0.15) is 28.7 Å². The number of likely N-dealkylation sites (N-methyl/N-ethyl adjacent to an activating group) is 1. The predicted octanol–water partition coefficient (Wildman–Crippen LogP) is 0.309. The number of phenols is 1. The molecule has 11 heteroatoms. The smallest absolute Gasteiger partial charge is 0.255 e. The summed E-state index contributed by atoms with van der Waals surface area (Å²) in [5, 5.41) is 44.2. The molecule has 1 aromatic carbocycles. The lowest BCUT2D eigenvalue weighted by Crippen LogP contribution is -2.65. The van der Waals surface area contributed by atoms with E-state index in [2.05, 4.69) is 0 Å². The van der Waals surface area contributed by atoms with Crippen LogP contribution >= 0.6 is 0 Å². The highest BCUT2D eigenvalue weighted by molar-refractivity contribution is 6.24. The minimum Gasteiger partial charge on any atom is -0.508 e. The molecule has 1 aromatic rings. The second kappa shape index (κ2) is 8.12. The number of halogens is 1. The van der Waals surface area contributed by atoms with Gasteiger partial charge in [0.25, 0.3) is 5.91 Å². The molecule has 1 amide bonds. The van der Waals surface area contributed by atoms with E-state index in [1.54, 1.807) is 0 Å². The van der Waals surface area contributed by atoms with Crippen LogP contribution in [0.4, 0.5) is 4.39 Å². The zero-order valence-electron chi connectivity index (χ0n) is 19.9. The van der Waals surface area contributed by atoms with Crippen molar-refractivity contribution in [3.63, 3.8) is 0 Å². The highest BCUT2D eigenvalue weighted by Crippen LogP contribution is 2.53. The molecule has 3 aliphatic carbocycles. The number of likely N-dealkylation sites (tertiary alicyclic amines) is 1. The standard InChI is InChI=1S/C25H28FN3O7/c1-28(2)19-13-7-10-6-12-16(14(30)8-11(18(12)26)9-29-4-3-5-29)20(31)15(10)22(33)25(13,36)23(34)17(21(19)32)24(27)35/h8,10,13,19,30-31,34,36H,3-7,9H2,1-2H3,(H2,27,35)/t10-,13-,19-,25-/m0/s1. The number of rotatable bonds is 4. The molecule has 0 spiro atoms. The lowest BCUT2D eigenvalue weighted by molar-refractivity contribution is -0.153. The van der Waals surface area contributed by atoms with Crippen LogP contribution in [0.5, 0.6) is 5.75 Å². The molecule has 1 saturated heterocycles. The summed E-state index contributed by atoms with van der Waals surface area (Å²) in [4.78, 5) is 42.2. The fourth-order valence-electron chi connectivity index (χ4n) is 6.24. The fraction of sp³-hybridized carbons (Fsp3) is 0.480. The van der Waals surface area contributed by atoms with Gasteiger partial charge >= 0.3 is 0 Å². The summed E-state index contributed by atoms with van der Waals surface area (Å²) < 4.78 is 15.6. The molecule has 36 heavy (non-hydrogen) atoms. The van der Waals surface area contributed by atoms with Crippen molar-refractivity contribution in [1.29, 1.82) is 0 Å². The molecule has 1 aliphatic heterocycles. The number of nitrogens with zero attached hydrogens (tertiary/aromatic N) is 2. The van der Waals surface area contributed by atoms with Gasteiger partial charge < -0.3 is 26.2 Å². The van der Waals surface area contributed by atoms with Gasteiger partial charge in [-0.15, -0.1) is 0 Å². The Kier molecular flexibility index (Phi) is 5.51. The SMILES string of the molecule is CN(C)[C@@H]1C(=O)C(C(N)=O)=C(O)[C@@]2(O)C(=O)C3=C(O)c4c(O)cc(CN5CCC5)c(F)c4C[C@H]3C[C@@H]12. The maximum absolute atomic E-state index is 15.6. The minimum absolute atomic E-state index is 0.0520. The van der Waals surface area contributed by atoms with Gasteiger partial charge in [-0.05, 0) is 58.4 Å². The average Bonchev–Trinajstić information content (AvgIpc) is 2.75. The van der Waals surface area contributed by atoms with E-state index >= 15 is 4.39 Å². The van der Waals surface area contributed by atoms with Gasteiger partial charge in [0, 0.05) is 29.2 Å². The Morgan fingerprint density at radius 3 is 2.47 bits per heavy atom. The first-order valence-corrected chi connectivity index (χ1v) is 11.8. The van der Waals surface area contributed by atoms with Crippen molar-refractivity contribution in [2.24, 2.45) is 17.6 Å². The lowest BCUT2D eigenvalue weighted by Gasteiger charge is -2.50. The molecule has 4 aliphatic rings. The van der Waals surface area contributed by atoms with Crippen LogP contribution in [-0.2, 0) is 27.3 Å². The van der Waals surface area contributed by atoms with Crippen molar-refractivity contribution < 1.29 is 39.2 Å². The summed E-state index contributed by atoms with van der Waals surface area (Å²) in [6.45, 7) is 1.92. The second-order valence-corrected chi connectivity index (χ2v) is 10.3. The van der Waals surface area contributed by atoms with Crippen LogP contribution < -0.4 is 5.73 Å². The number of ketones is 2. The number of carbonyl (C=O) groups excluding carboxylic acids is 3. The number of hydrogen-bond acceptors (Lipinski definition) is 9. The molecule has 0 bridgehead atoms. The first-order chi connectivity index (χ1) is 16.9. The Morgan fingerprint density at radius 2 is 1.92 bits per heavy atom. The number of aromatic hydroxyl groups is 1. The molecule has 192 valence electrons. The number of amides is 1. The summed E-state index contributed by atoms with van der Waals surface area (Å²) in [7, 11) is 3.04. The second-order valence-electron chi connectivity index (χ2n) is 10.3. The maximum Gasteiger partial charge on any atom is 0.255 e. The molecule has 1 heterocycles. The number of aliphatic hydroxyl groups excluding tert-OH is 2. The lowest BCUT2D eigenvalue weighted by atomic mass is 9.57. The number of benzene rings is 1. The molecular formula is C25H28FN3O7. The molecular weight excluding hydrogens is 473 g/mol. The van der Waals surface area contributed by atoms with E-state index in [0.717, 1.165) is 19.5 Å². The van der Waals surface area contributed by atoms with Gasteiger partial charge in [0.05, 0.1) is 11.6 Å². The first-order valence-electron chi connectivity index (χ1n) is 11.8. The van der Waals surface area contributed by atoms with Gasteiger partial charge in [-0.2, -0.15) is 0 Å². The van der Waals surface area contributed by atoms with Gasteiger partial charge in [-0.25, -0.2) is 4.39 Å². The Morgan fingerprint density at radius 1 is 1.25 bits per heavy atom. The summed E-state index contributed by atoms with van der Waals surface area (Å²) in [6, 6.07) is 0.0386. The quantitative estimate of drug-likeness (QED) is 0.365. The molecule has 10 nitrogen and oxygen atoms in total. The third-order valence-corrected chi connectivity index (χ3v) is 8.07. The summed E-state index contributed by atoms with van der Waals surface area (Å²) in [6.07, 6.45) is 0.856. The predicted molar refractivity (Wildman–Crippen MR) is 124 cm³/mol. The van der Waals surface area contributed by atoms with Gasteiger partial charge in [0.15, 0.2) is 11.4 Å². The Hall–Kier alpha value is -3.28. The number of hydrogen-bond donors (Lipinski definition) is 5. The van der Waals surface area contributed by atoms with Crippen LogP contribution in [0.25, 0.3) is 5.76 Å². The fourth-order valence-corrected chi connectivity index (χ4v) is 6.24. The van der Waals surface area contributed by atoms with Crippen LogP contribution in [0.2, 0.25) is 0 Å². The monoisotopic (exact) mass is 501 g/mol. The maximum atomic E-state index is 15.6. The van der Waals surface area contributed by atoms with Crippen LogP contribution in [0, 0.1) is 17.7 Å². The van der Waals surface area contributed by atoms with Crippen molar-refractivity contribution in [3.8, 4) is 5.75 Å². The minimum atomic E-state index is -2.71. The molecule has 6 N–H and O–H groups in total. The van der Waals surface area contributed by atoms with E-state index < -0.39 is 69.6 Å². The number of phenolic OH excluding ortho intramolecular Hbond substituents is 1. The van der Waals surface area contributed by atoms with Crippen molar-refractivity contribution in [3.05, 3.63) is 45.5 Å². The van der Waals surface area contributed by atoms with E-state index in [1.165, 1.54) is 25.1 Å². The Balaban J connectivity index is 1.68. The Bertz CT molecular complexity index is 1280. The van der Waals surface area contributed by atoms with Crippen molar-refractivity contribution >= 4 is 23.2 Å². The third-order valence-electron chi connectivity index (χ3n) is 8.07. The molecule has 2 fully saturated rings. The van der Waals surface area contributed by atoms with Crippen LogP contribution in [-0.4, -0.2) is 86.5 Å². The molecule has 0 aromatic heterocycles. The summed E-state index contributed by atoms with van der Waals surface area (Å²) in [5.41, 5.74) is 1.50. The largest absolute Gasteiger partial charge is 0.508 e. The first kappa shape index (κ1) is 24.4. The number of carbonyl (C=O) groups is 3.